The van der Waals surface area contributed by atoms with E-state index < -0.39 is 29.6 Å². The number of allylic oxidation sites excluding steroid dienone is 2. The number of hydrogen-bond donors (Lipinski definition) is 3. The van der Waals surface area contributed by atoms with E-state index in [2.05, 4.69) is 21.9 Å². The van der Waals surface area contributed by atoms with E-state index in [4.69, 9.17) is 4.74 Å². The summed E-state index contributed by atoms with van der Waals surface area (Å²) in [5.74, 6) is -0.680. The van der Waals surface area contributed by atoms with Crippen LogP contribution in [0.15, 0.2) is 54.3 Å². The van der Waals surface area contributed by atoms with Crippen LogP contribution in [0.2, 0.25) is 0 Å². The molecule has 0 spiro atoms. The van der Waals surface area contributed by atoms with Crippen molar-refractivity contribution in [3.63, 3.8) is 0 Å². The van der Waals surface area contributed by atoms with Gasteiger partial charge in [0.05, 0.1) is 12.3 Å². The van der Waals surface area contributed by atoms with Crippen LogP contribution >= 0.6 is 0 Å². The minimum absolute atomic E-state index is 0.239. The summed E-state index contributed by atoms with van der Waals surface area (Å²) in [6.07, 6.45) is 10.8. The molecule has 39 heavy (non-hydrogen) atoms. The molecule has 4 atom stereocenters. The smallest absolute Gasteiger partial charge is 0.329 e. The first-order valence-electron chi connectivity index (χ1n) is 13.6. The van der Waals surface area contributed by atoms with Crippen LogP contribution < -0.4 is 5.32 Å². The summed E-state index contributed by atoms with van der Waals surface area (Å²) in [7, 11) is 0. The van der Waals surface area contributed by atoms with E-state index in [-0.39, 0.29) is 17.7 Å². The largest absolute Gasteiger partial charge is 0.460 e. The Balaban J connectivity index is 1.88. The van der Waals surface area contributed by atoms with Gasteiger partial charge in [0.25, 0.3) is 5.91 Å². The number of hydrogen-bond acceptors (Lipinski definition) is 6. The number of aliphatic hydroxyl groups is 1. The Hall–Kier alpha value is -3.46. The third kappa shape index (κ3) is 8.51. The lowest BCUT2D eigenvalue weighted by Gasteiger charge is -2.35. The molecule has 2 bridgehead atoms. The number of nitrogens with zero attached hydrogens (tertiary/aromatic N) is 2. The Morgan fingerprint density at radius 2 is 1.95 bits per heavy atom. The van der Waals surface area contributed by atoms with Crippen LogP contribution in [0.25, 0.3) is 0 Å². The van der Waals surface area contributed by atoms with Gasteiger partial charge in [-0.1, -0.05) is 69.7 Å². The molecule has 0 aromatic carbocycles. The summed E-state index contributed by atoms with van der Waals surface area (Å²) in [6.45, 7) is 14.6. The number of fused-ring (bicyclic) bond motifs is 3. The highest BCUT2D eigenvalue weighted by Gasteiger charge is 2.40. The van der Waals surface area contributed by atoms with Gasteiger partial charge in [-0.25, -0.2) is 9.78 Å². The Bertz CT molecular complexity index is 1160. The number of esters is 1. The van der Waals surface area contributed by atoms with E-state index in [0.29, 0.717) is 50.3 Å². The van der Waals surface area contributed by atoms with Crippen molar-refractivity contribution in [2.45, 2.75) is 78.6 Å². The fraction of sp³-hybridized carbons (Fsp3) is 0.533. The van der Waals surface area contributed by atoms with Crippen molar-refractivity contribution in [3.8, 4) is 0 Å². The highest BCUT2D eigenvalue weighted by molar-refractivity contribution is 5.95. The van der Waals surface area contributed by atoms with Gasteiger partial charge in [0.1, 0.15) is 23.7 Å². The number of aromatic amines is 1. The van der Waals surface area contributed by atoms with Gasteiger partial charge >= 0.3 is 5.97 Å². The minimum atomic E-state index is -0.731. The third-order valence-electron chi connectivity index (χ3n) is 6.92. The predicted octanol–water partition coefficient (Wildman–Crippen LogP) is 3.65. The predicted molar refractivity (Wildman–Crippen MR) is 150 cm³/mol. The van der Waals surface area contributed by atoms with Crippen molar-refractivity contribution in [2.75, 3.05) is 13.1 Å². The SMILES string of the molecule is C=C1Cc2ncc([nH]2)C(=O)N2CCC[C@@H]2C(=O)O[C@H](C(C)(C)C)[C@H](C)/C=C/C(=O)NC/C=C/C(C)=C/[C@@H](O)C1. The number of rotatable bonds is 0. The lowest BCUT2D eigenvalue weighted by Crippen LogP contribution is -2.45. The number of cyclic esters (lactones) is 1. The van der Waals surface area contributed by atoms with Crippen LogP contribution in [0.4, 0.5) is 0 Å². The summed E-state index contributed by atoms with van der Waals surface area (Å²) < 4.78 is 6.03. The maximum Gasteiger partial charge on any atom is 0.329 e. The maximum atomic E-state index is 13.4. The van der Waals surface area contributed by atoms with Crippen LogP contribution in [0.5, 0.6) is 0 Å². The highest BCUT2D eigenvalue weighted by Crippen LogP contribution is 2.31. The topological polar surface area (TPSA) is 125 Å². The van der Waals surface area contributed by atoms with Crippen LogP contribution in [0.1, 0.15) is 70.2 Å². The first-order valence-corrected chi connectivity index (χ1v) is 13.6. The Morgan fingerprint density at radius 1 is 1.21 bits per heavy atom. The van der Waals surface area contributed by atoms with Gasteiger partial charge in [-0.05, 0) is 37.7 Å². The molecule has 0 unspecified atom stereocenters. The second kappa shape index (κ2) is 13.1. The molecule has 1 aromatic rings. The number of aromatic nitrogens is 2. The van der Waals surface area contributed by atoms with Crippen LogP contribution in [0.3, 0.4) is 0 Å². The monoisotopic (exact) mass is 538 g/mol. The molecular formula is C30H42N4O5. The van der Waals surface area contributed by atoms with Crippen molar-refractivity contribution >= 4 is 17.8 Å². The molecule has 9 nitrogen and oxygen atoms in total. The molecule has 0 aliphatic carbocycles. The van der Waals surface area contributed by atoms with Crippen LogP contribution in [-0.2, 0) is 20.7 Å². The summed E-state index contributed by atoms with van der Waals surface area (Å²) in [5, 5.41) is 13.3. The molecule has 1 aromatic heterocycles. The second-order valence-electron chi connectivity index (χ2n) is 11.6. The van der Waals surface area contributed by atoms with E-state index in [0.717, 1.165) is 11.1 Å². The quantitative estimate of drug-likeness (QED) is 0.342. The molecular weight excluding hydrogens is 496 g/mol. The van der Waals surface area contributed by atoms with Gasteiger partial charge in [-0.3, -0.25) is 9.59 Å². The molecule has 1 fully saturated rings. The molecule has 2 aliphatic rings. The zero-order valence-electron chi connectivity index (χ0n) is 23.7. The number of nitrogens with one attached hydrogen (secondary N) is 2. The summed E-state index contributed by atoms with van der Waals surface area (Å²) in [4.78, 5) is 48.0. The second-order valence-corrected chi connectivity index (χ2v) is 11.6. The summed E-state index contributed by atoms with van der Waals surface area (Å²) in [5.41, 5.74) is 1.51. The van der Waals surface area contributed by atoms with Crippen molar-refractivity contribution in [1.82, 2.24) is 20.2 Å². The van der Waals surface area contributed by atoms with Crippen molar-refractivity contribution in [2.24, 2.45) is 11.3 Å². The zero-order chi connectivity index (χ0) is 28.7. The van der Waals surface area contributed by atoms with E-state index in [1.165, 1.54) is 12.3 Å². The van der Waals surface area contributed by atoms with Gasteiger partial charge < -0.3 is 25.0 Å². The van der Waals surface area contributed by atoms with Crippen molar-refractivity contribution < 1.29 is 24.2 Å². The fourth-order valence-electron chi connectivity index (χ4n) is 5.07. The van der Waals surface area contributed by atoms with E-state index in [9.17, 15) is 19.5 Å². The molecule has 2 aliphatic heterocycles. The fourth-order valence-corrected chi connectivity index (χ4v) is 5.07. The van der Waals surface area contributed by atoms with Gasteiger partial charge in [0.2, 0.25) is 5.91 Å². The lowest BCUT2D eigenvalue weighted by atomic mass is 9.81. The van der Waals surface area contributed by atoms with E-state index in [1.807, 2.05) is 46.8 Å². The van der Waals surface area contributed by atoms with Gasteiger partial charge in [0, 0.05) is 25.4 Å². The average Bonchev–Trinajstić information content (AvgIpc) is 3.51. The number of amides is 2. The molecule has 212 valence electrons. The molecule has 9 heteroatoms. The molecule has 1 saturated heterocycles. The molecule has 3 N–H and O–H groups in total. The normalized spacial score (nSPS) is 29.6. The molecule has 0 saturated carbocycles. The number of ether oxygens (including phenoxy) is 1. The summed E-state index contributed by atoms with van der Waals surface area (Å²) in [6, 6.07) is -0.692. The number of imidazole rings is 1. The zero-order valence-corrected chi connectivity index (χ0v) is 23.7. The number of aliphatic hydroxyl groups excluding tert-OH is 1. The first-order chi connectivity index (χ1) is 18.3. The molecule has 0 radical (unpaired) electrons. The Morgan fingerprint density at radius 3 is 2.67 bits per heavy atom. The minimum Gasteiger partial charge on any atom is -0.460 e. The highest BCUT2D eigenvalue weighted by atomic mass is 16.5. The first kappa shape index (κ1) is 30.1. The van der Waals surface area contributed by atoms with Crippen LogP contribution in [-0.4, -0.2) is 69.1 Å². The van der Waals surface area contributed by atoms with Gasteiger partial charge in [-0.2, -0.15) is 0 Å². The number of H-pyrrole nitrogens is 1. The maximum absolute atomic E-state index is 13.4. The Labute approximate surface area is 231 Å². The van der Waals surface area contributed by atoms with Gasteiger partial charge in [0.15, 0.2) is 0 Å². The van der Waals surface area contributed by atoms with Crippen LogP contribution in [0, 0.1) is 11.3 Å². The van der Waals surface area contributed by atoms with E-state index >= 15 is 0 Å². The molecule has 3 rings (SSSR count). The third-order valence-corrected chi connectivity index (χ3v) is 6.92. The number of carbonyl (C=O) groups excluding carboxylic acids is 3. The molecule has 2 amide bonds. The Kier molecular flexibility index (Phi) is 10.1. The van der Waals surface area contributed by atoms with E-state index in [1.54, 1.807) is 17.1 Å². The van der Waals surface area contributed by atoms with Crippen molar-refractivity contribution in [3.05, 3.63) is 65.8 Å². The van der Waals surface area contributed by atoms with Crippen molar-refractivity contribution in [1.29, 1.82) is 0 Å². The average molecular weight is 539 g/mol. The standard InChI is InChI=1S/C30H42N4O5/c1-19-9-7-13-31-26(36)12-11-21(3)27(30(4,5)6)39-29(38)24-10-8-14-34(24)28(37)23-18-32-25(33-23)17-20(2)16-22(35)15-19/h7,9,11-12,15,18,21-22,24,27,35H,2,8,10,13-14,16-17H2,1,3-6H3,(H,31,36)(H,32,33)/b9-7+,12-11+,19-15+/t21-,22-,24-,27+/m1/s1. The van der Waals surface area contributed by atoms with Gasteiger partial charge in [-0.15, -0.1) is 0 Å². The molecule has 3 heterocycles. The summed E-state index contributed by atoms with van der Waals surface area (Å²) >= 11 is 0. The lowest BCUT2D eigenvalue weighted by molar-refractivity contribution is -0.162. The number of carbonyl (C=O) groups is 3.